The molecule has 0 spiro atoms. The Morgan fingerprint density at radius 3 is 2.73 bits per heavy atom. The Morgan fingerprint density at radius 2 is 1.90 bits per heavy atom. The van der Waals surface area contributed by atoms with Gasteiger partial charge in [0.25, 0.3) is 0 Å². The van der Waals surface area contributed by atoms with Gasteiger partial charge in [-0.15, -0.1) is 0 Å². The molecule has 2 aliphatic rings. The molecule has 1 atom stereocenters. The highest BCUT2D eigenvalue weighted by molar-refractivity contribution is 5.58. The molecule has 6 heteroatoms. The van der Waals surface area contributed by atoms with Gasteiger partial charge in [-0.1, -0.05) is 18.2 Å². The summed E-state index contributed by atoms with van der Waals surface area (Å²) in [4.78, 5) is 4.86. The van der Waals surface area contributed by atoms with Crippen molar-refractivity contribution in [3.8, 4) is 17.2 Å². The second kappa shape index (κ2) is 9.87. The second-order valence-electron chi connectivity index (χ2n) is 7.67. The van der Waals surface area contributed by atoms with E-state index in [-0.39, 0.29) is 0 Å². The smallest absolute Gasteiger partial charge is 0.168 e. The topological polar surface area (TPSA) is 54.4 Å². The SMILES string of the molecule is COc1ccccc1N1CCN(CCCC(O)c2ccc3c(c2)OCC=CO3)CC1. The number of anilines is 1. The standard InChI is InChI=1S/C24H30N2O4/c1-28-22-8-3-2-6-20(22)26-14-12-25(13-15-26)11-4-7-21(27)19-9-10-23-24(18-19)30-17-5-16-29-23/h2-3,5-6,8-10,16,18,21,27H,4,7,11-15,17H2,1H3. The molecule has 1 N–H and O–H groups in total. The lowest BCUT2D eigenvalue weighted by Crippen LogP contribution is -2.46. The van der Waals surface area contributed by atoms with Gasteiger partial charge >= 0.3 is 0 Å². The van der Waals surface area contributed by atoms with Crippen molar-refractivity contribution in [1.29, 1.82) is 0 Å². The average molecular weight is 411 g/mol. The van der Waals surface area contributed by atoms with Crippen LogP contribution >= 0.6 is 0 Å². The lowest BCUT2D eigenvalue weighted by atomic mass is 10.0. The Bertz CT molecular complexity index is 862. The second-order valence-corrected chi connectivity index (χ2v) is 7.67. The number of rotatable bonds is 7. The highest BCUT2D eigenvalue weighted by atomic mass is 16.5. The van der Waals surface area contributed by atoms with Crippen LogP contribution in [0.3, 0.4) is 0 Å². The molecule has 0 aromatic heterocycles. The van der Waals surface area contributed by atoms with Crippen LogP contribution in [0.1, 0.15) is 24.5 Å². The van der Waals surface area contributed by atoms with Gasteiger partial charge in [0.2, 0.25) is 0 Å². The maximum absolute atomic E-state index is 10.6. The highest BCUT2D eigenvalue weighted by Gasteiger charge is 2.20. The Hall–Kier alpha value is -2.70. The Labute approximate surface area is 178 Å². The summed E-state index contributed by atoms with van der Waals surface area (Å²) in [6.45, 7) is 5.48. The van der Waals surface area contributed by atoms with Crippen molar-refractivity contribution in [2.75, 3.05) is 51.3 Å². The fourth-order valence-electron chi connectivity index (χ4n) is 4.02. The maximum atomic E-state index is 10.6. The monoisotopic (exact) mass is 410 g/mol. The minimum Gasteiger partial charge on any atom is -0.495 e. The van der Waals surface area contributed by atoms with E-state index in [1.165, 1.54) is 5.69 Å². The summed E-state index contributed by atoms with van der Waals surface area (Å²) in [6, 6.07) is 13.9. The molecule has 2 aromatic rings. The molecule has 2 aromatic carbocycles. The third kappa shape index (κ3) is 4.89. The van der Waals surface area contributed by atoms with Crippen molar-refractivity contribution in [2.45, 2.75) is 18.9 Å². The molecule has 0 bridgehead atoms. The molecule has 0 amide bonds. The molecular formula is C24H30N2O4. The summed E-state index contributed by atoms with van der Waals surface area (Å²) in [7, 11) is 1.72. The molecule has 0 aliphatic carbocycles. The van der Waals surface area contributed by atoms with Crippen LogP contribution in [-0.2, 0) is 0 Å². The summed E-state index contributed by atoms with van der Waals surface area (Å²) >= 11 is 0. The number of methoxy groups -OCH3 is 1. The number of piperazine rings is 1. The fraction of sp³-hybridized carbons (Fsp3) is 0.417. The summed E-state index contributed by atoms with van der Waals surface area (Å²) in [5, 5.41) is 10.6. The van der Waals surface area contributed by atoms with Crippen LogP contribution in [-0.4, -0.2) is 56.4 Å². The van der Waals surface area contributed by atoms with Gasteiger partial charge in [0.05, 0.1) is 25.2 Å². The van der Waals surface area contributed by atoms with Gasteiger partial charge in [0.15, 0.2) is 11.5 Å². The van der Waals surface area contributed by atoms with E-state index in [4.69, 9.17) is 14.2 Å². The number of ether oxygens (including phenoxy) is 3. The van der Waals surface area contributed by atoms with Gasteiger partial charge in [0, 0.05) is 26.2 Å². The molecule has 0 radical (unpaired) electrons. The molecule has 6 nitrogen and oxygen atoms in total. The van der Waals surface area contributed by atoms with Gasteiger partial charge in [-0.05, 0) is 55.3 Å². The van der Waals surface area contributed by atoms with Crippen LogP contribution in [0.2, 0.25) is 0 Å². The Kier molecular flexibility index (Phi) is 6.77. The summed E-state index contributed by atoms with van der Waals surface area (Å²) < 4.78 is 16.6. The zero-order valence-corrected chi connectivity index (χ0v) is 17.5. The van der Waals surface area contributed by atoms with Gasteiger partial charge in [-0.3, -0.25) is 4.90 Å². The number of benzene rings is 2. The largest absolute Gasteiger partial charge is 0.495 e. The van der Waals surface area contributed by atoms with Crippen LogP contribution in [0.5, 0.6) is 17.2 Å². The molecule has 1 unspecified atom stereocenters. The van der Waals surface area contributed by atoms with Crippen LogP contribution in [0, 0.1) is 0 Å². The van der Waals surface area contributed by atoms with E-state index in [1.54, 1.807) is 13.4 Å². The molecule has 1 fully saturated rings. The van der Waals surface area contributed by atoms with E-state index in [1.807, 2.05) is 36.4 Å². The summed E-state index contributed by atoms with van der Waals surface area (Å²) in [5.74, 6) is 2.30. The summed E-state index contributed by atoms with van der Waals surface area (Å²) in [5.41, 5.74) is 2.04. The van der Waals surface area contributed by atoms with Gasteiger partial charge in [0.1, 0.15) is 12.4 Å². The average Bonchev–Trinajstić information content (AvgIpc) is 3.04. The third-order valence-corrected chi connectivity index (χ3v) is 5.73. The Morgan fingerprint density at radius 1 is 1.07 bits per heavy atom. The van der Waals surface area contributed by atoms with E-state index >= 15 is 0 Å². The quantitative estimate of drug-likeness (QED) is 0.753. The number of hydrogen-bond acceptors (Lipinski definition) is 6. The first-order valence-corrected chi connectivity index (χ1v) is 10.6. The lowest BCUT2D eigenvalue weighted by Gasteiger charge is -2.36. The van der Waals surface area contributed by atoms with E-state index in [0.29, 0.717) is 18.1 Å². The first kappa shape index (κ1) is 20.6. The van der Waals surface area contributed by atoms with Gasteiger partial charge in [-0.25, -0.2) is 0 Å². The van der Waals surface area contributed by atoms with Crippen LogP contribution in [0.4, 0.5) is 5.69 Å². The lowest BCUT2D eigenvalue weighted by molar-refractivity contribution is 0.153. The van der Waals surface area contributed by atoms with Crippen molar-refractivity contribution < 1.29 is 19.3 Å². The molecule has 0 saturated carbocycles. The zero-order valence-electron chi connectivity index (χ0n) is 17.5. The van der Waals surface area contributed by atoms with Crippen LogP contribution in [0.25, 0.3) is 0 Å². The molecule has 30 heavy (non-hydrogen) atoms. The van der Waals surface area contributed by atoms with E-state index in [9.17, 15) is 5.11 Å². The number of fused-ring (bicyclic) bond motifs is 1. The van der Waals surface area contributed by atoms with Crippen molar-refractivity contribution in [2.24, 2.45) is 0 Å². The molecule has 1 saturated heterocycles. The van der Waals surface area contributed by atoms with Crippen molar-refractivity contribution >= 4 is 5.69 Å². The number of hydrogen-bond donors (Lipinski definition) is 1. The number of aliphatic hydroxyl groups is 1. The number of nitrogens with zero attached hydrogens (tertiary/aromatic N) is 2. The van der Waals surface area contributed by atoms with Crippen molar-refractivity contribution in [3.63, 3.8) is 0 Å². The van der Waals surface area contributed by atoms with Gasteiger partial charge < -0.3 is 24.2 Å². The van der Waals surface area contributed by atoms with Crippen molar-refractivity contribution in [3.05, 3.63) is 60.4 Å². The molecule has 2 aliphatic heterocycles. The summed E-state index contributed by atoms with van der Waals surface area (Å²) in [6.07, 6.45) is 4.64. The molecular weight excluding hydrogens is 380 g/mol. The highest BCUT2D eigenvalue weighted by Crippen LogP contribution is 2.33. The molecule has 160 valence electrons. The first-order valence-electron chi connectivity index (χ1n) is 10.6. The number of aliphatic hydroxyl groups excluding tert-OH is 1. The fourth-order valence-corrected chi connectivity index (χ4v) is 4.02. The predicted octanol–water partition coefficient (Wildman–Crippen LogP) is 3.62. The maximum Gasteiger partial charge on any atom is 0.168 e. The molecule has 2 heterocycles. The molecule has 4 rings (SSSR count). The van der Waals surface area contributed by atoms with Crippen molar-refractivity contribution in [1.82, 2.24) is 4.90 Å². The minimum absolute atomic E-state index is 0.480. The normalized spacial score (nSPS) is 17.5. The first-order chi connectivity index (χ1) is 14.7. The predicted molar refractivity (Wildman–Crippen MR) is 118 cm³/mol. The van der Waals surface area contributed by atoms with Crippen LogP contribution < -0.4 is 19.1 Å². The zero-order chi connectivity index (χ0) is 20.8. The minimum atomic E-state index is -0.495. The Balaban J connectivity index is 1.23. The number of para-hydroxylation sites is 2. The van der Waals surface area contributed by atoms with E-state index in [0.717, 1.165) is 56.9 Å². The van der Waals surface area contributed by atoms with Gasteiger partial charge in [-0.2, -0.15) is 0 Å². The van der Waals surface area contributed by atoms with Crippen LogP contribution in [0.15, 0.2) is 54.8 Å². The van der Waals surface area contributed by atoms with E-state index in [2.05, 4.69) is 21.9 Å². The third-order valence-electron chi connectivity index (χ3n) is 5.73. The van der Waals surface area contributed by atoms with E-state index < -0.39 is 6.10 Å².